The average Bonchev–Trinajstić information content (AvgIpc) is 2.11. The van der Waals surface area contributed by atoms with Crippen molar-refractivity contribution in [2.45, 2.75) is 47.0 Å². The van der Waals surface area contributed by atoms with E-state index in [9.17, 15) is 10.1 Å². The first-order valence-electron chi connectivity index (χ1n) is 5.72. The zero-order valence-corrected chi connectivity index (χ0v) is 10.1. The number of Topliss-reactive ketones (excluding diaryl/α,β-unsaturated/α-hetero) is 1. The second kappa shape index (κ2) is 2.64. The van der Waals surface area contributed by atoms with E-state index >= 15 is 0 Å². The SMILES string of the molecule is CC1(C)CC[C@@H]2C(C)(C)C[C@@]2(C#N)C1=O. The van der Waals surface area contributed by atoms with Gasteiger partial charge in [0.05, 0.1) is 6.07 Å². The molecule has 2 aliphatic carbocycles. The van der Waals surface area contributed by atoms with Gasteiger partial charge in [0.2, 0.25) is 0 Å². The molecule has 0 heterocycles. The van der Waals surface area contributed by atoms with Gasteiger partial charge in [0.25, 0.3) is 0 Å². The summed E-state index contributed by atoms with van der Waals surface area (Å²) >= 11 is 0. The van der Waals surface area contributed by atoms with Gasteiger partial charge in [-0.3, -0.25) is 4.79 Å². The molecule has 15 heavy (non-hydrogen) atoms. The molecule has 2 saturated carbocycles. The summed E-state index contributed by atoms with van der Waals surface area (Å²) in [6, 6.07) is 2.33. The Balaban J connectivity index is 2.39. The lowest BCUT2D eigenvalue weighted by atomic mass is 9.39. The van der Waals surface area contributed by atoms with Crippen molar-refractivity contribution < 1.29 is 4.79 Å². The van der Waals surface area contributed by atoms with Crippen LogP contribution in [0.1, 0.15) is 47.0 Å². The van der Waals surface area contributed by atoms with Crippen LogP contribution in [0.5, 0.6) is 0 Å². The number of fused-ring (bicyclic) bond motifs is 1. The minimum Gasteiger partial charge on any atom is -0.297 e. The summed E-state index contributed by atoms with van der Waals surface area (Å²) in [5, 5.41) is 9.34. The maximum Gasteiger partial charge on any atom is 0.158 e. The number of hydrogen-bond donors (Lipinski definition) is 0. The molecule has 0 N–H and O–H groups in total. The average molecular weight is 205 g/mol. The molecule has 2 atom stereocenters. The highest BCUT2D eigenvalue weighted by atomic mass is 16.1. The number of ketones is 1. The third-order valence-electron chi connectivity index (χ3n) is 4.55. The van der Waals surface area contributed by atoms with Crippen LogP contribution >= 0.6 is 0 Å². The second-order valence-corrected chi connectivity index (χ2v) is 6.55. The number of nitrogens with zero attached hydrogens (tertiary/aromatic N) is 1. The monoisotopic (exact) mass is 205 g/mol. The second-order valence-electron chi connectivity index (χ2n) is 6.55. The fourth-order valence-corrected chi connectivity index (χ4v) is 3.77. The number of hydrogen-bond acceptors (Lipinski definition) is 2. The fraction of sp³-hybridized carbons (Fsp3) is 0.846. The van der Waals surface area contributed by atoms with Crippen LogP contribution in [0.2, 0.25) is 0 Å². The molecular weight excluding hydrogens is 186 g/mol. The smallest absolute Gasteiger partial charge is 0.158 e. The van der Waals surface area contributed by atoms with Crippen LogP contribution in [0.3, 0.4) is 0 Å². The lowest BCUT2D eigenvalue weighted by Gasteiger charge is -2.61. The highest BCUT2D eigenvalue weighted by Gasteiger charge is 2.67. The molecule has 0 spiro atoms. The van der Waals surface area contributed by atoms with E-state index in [1.54, 1.807) is 0 Å². The first kappa shape index (κ1) is 10.7. The van der Waals surface area contributed by atoms with Crippen LogP contribution in [0.4, 0.5) is 0 Å². The Morgan fingerprint density at radius 1 is 1.33 bits per heavy atom. The highest BCUT2D eigenvalue weighted by molar-refractivity contribution is 5.94. The summed E-state index contributed by atoms with van der Waals surface area (Å²) in [6.07, 6.45) is 2.71. The Hall–Kier alpha value is -0.840. The van der Waals surface area contributed by atoms with E-state index in [4.69, 9.17) is 0 Å². The molecule has 2 nitrogen and oxygen atoms in total. The van der Waals surface area contributed by atoms with Crippen LogP contribution in [0.25, 0.3) is 0 Å². The third kappa shape index (κ3) is 1.13. The van der Waals surface area contributed by atoms with Gasteiger partial charge in [-0.2, -0.15) is 5.26 Å². The van der Waals surface area contributed by atoms with Crippen molar-refractivity contribution in [2.24, 2.45) is 22.2 Å². The van der Waals surface area contributed by atoms with E-state index in [0.29, 0.717) is 0 Å². The van der Waals surface area contributed by atoms with Crippen molar-refractivity contribution in [3.8, 4) is 6.07 Å². The van der Waals surface area contributed by atoms with E-state index in [1.165, 1.54) is 0 Å². The summed E-state index contributed by atoms with van der Waals surface area (Å²) in [5.41, 5.74) is -0.754. The Morgan fingerprint density at radius 3 is 2.40 bits per heavy atom. The predicted octanol–water partition coefficient (Wildman–Crippen LogP) is 2.93. The molecule has 0 amide bonds. The Kier molecular flexibility index (Phi) is 1.88. The molecule has 2 heteroatoms. The fourth-order valence-electron chi connectivity index (χ4n) is 3.77. The molecule has 0 radical (unpaired) electrons. The topological polar surface area (TPSA) is 40.9 Å². The molecule has 2 rings (SSSR count). The molecule has 0 aliphatic heterocycles. The van der Waals surface area contributed by atoms with Gasteiger partial charge in [0.15, 0.2) is 5.78 Å². The highest BCUT2D eigenvalue weighted by Crippen LogP contribution is 2.66. The largest absolute Gasteiger partial charge is 0.297 e. The van der Waals surface area contributed by atoms with Crippen molar-refractivity contribution in [3.05, 3.63) is 0 Å². The van der Waals surface area contributed by atoms with Crippen LogP contribution in [-0.4, -0.2) is 5.78 Å². The summed E-state index contributed by atoms with van der Waals surface area (Å²) in [5.74, 6) is 0.476. The Labute approximate surface area is 91.7 Å². The van der Waals surface area contributed by atoms with E-state index in [-0.39, 0.29) is 22.5 Å². The van der Waals surface area contributed by atoms with Crippen molar-refractivity contribution in [1.29, 1.82) is 5.26 Å². The first-order valence-corrected chi connectivity index (χ1v) is 5.72. The van der Waals surface area contributed by atoms with Gasteiger partial charge in [-0.05, 0) is 30.6 Å². The molecule has 82 valence electrons. The lowest BCUT2D eigenvalue weighted by molar-refractivity contribution is -0.168. The van der Waals surface area contributed by atoms with Gasteiger partial charge in [0, 0.05) is 5.41 Å². The number of carbonyl (C=O) groups is 1. The Morgan fingerprint density at radius 2 is 1.93 bits per heavy atom. The zero-order chi connectivity index (χ0) is 11.5. The van der Waals surface area contributed by atoms with Crippen LogP contribution < -0.4 is 0 Å². The molecule has 2 aliphatic rings. The van der Waals surface area contributed by atoms with E-state index in [0.717, 1.165) is 19.3 Å². The summed E-state index contributed by atoms with van der Waals surface area (Å²) in [6.45, 7) is 8.32. The molecule has 0 aromatic rings. The normalized spacial score (nSPS) is 41.3. The number of carbonyl (C=O) groups excluding carboxylic acids is 1. The quantitative estimate of drug-likeness (QED) is 0.610. The lowest BCUT2D eigenvalue weighted by Crippen LogP contribution is -2.62. The maximum atomic E-state index is 12.3. The van der Waals surface area contributed by atoms with Crippen LogP contribution in [0, 0.1) is 33.5 Å². The van der Waals surface area contributed by atoms with Gasteiger partial charge >= 0.3 is 0 Å². The van der Waals surface area contributed by atoms with Gasteiger partial charge in [-0.1, -0.05) is 27.7 Å². The van der Waals surface area contributed by atoms with Crippen molar-refractivity contribution in [3.63, 3.8) is 0 Å². The van der Waals surface area contributed by atoms with Crippen LogP contribution in [-0.2, 0) is 4.79 Å². The third-order valence-corrected chi connectivity index (χ3v) is 4.55. The van der Waals surface area contributed by atoms with E-state index < -0.39 is 5.41 Å². The molecule has 0 unspecified atom stereocenters. The minimum absolute atomic E-state index is 0.182. The van der Waals surface area contributed by atoms with E-state index in [2.05, 4.69) is 19.9 Å². The maximum absolute atomic E-state index is 12.3. The Bertz CT molecular complexity index is 361. The predicted molar refractivity (Wildman–Crippen MR) is 58.0 cm³/mol. The van der Waals surface area contributed by atoms with Crippen molar-refractivity contribution in [1.82, 2.24) is 0 Å². The van der Waals surface area contributed by atoms with Gasteiger partial charge < -0.3 is 0 Å². The summed E-state index contributed by atoms with van der Waals surface area (Å²) in [4.78, 5) is 12.3. The zero-order valence-electron chi connectivity index (χ0n) is 10.1. The molecular formula is C13H19NO. The van der Waals surface area contributed by atoms with Crippen molar-refractivity contribution >= 4 is 5.78 Å². The van der Waals surface area contributed by atoms with Gasteiger partial charge in [-0.15, -0.1) is 0 Å². The van der Waals surface area contributed by atoms with Crippen LogP contribution in [0.15, 0.2) is 0 Å². The summed E-state index contributed by atoms with van der Waals surface area (Å²) < 4.78 is 0. The van der Waals surface area contributed by atoms with Gasteiger partial charge in [-0.25, -0.2) is 0 Å². The summed E-state index contributed by atoms with van der Waals surface area (Å²) in [7, 11) is 0. The van der Waals surface area contributed by atoms with Crippen molar-refractivity contribution in [2.75, 3.05) is 0 Å². The number of rotatable bonds is 0. The molecule has 0 aromatic carbocycles. The molecule has 2 fully saturated rings. The molecule has 0 bridgehead atoms. The van der Waals surface area contributed by atoms with E-state index in [1.807, 2.05) is 13.8 Å². The molecule has 0 saturated heterocycles. The standard InChI is InChI=1S/C13H19NO/c1-11(2)6-5-9-12(3,4)7-13(9,8-14)10(11)15/h9H,5-7H2,1-4H3/t9-,13+/m1/s1. The van der Waals surface area contributed by atoms with Gasteiger partial charge in [0.1, 0.15) is 5.41 Å². The minimum atomic E-state index is -0.648. The first-order chi connectivity index (χ1) is 6.76. The molecule has 0 aromatic heterocycles. The number of nitriles is 1.